The third kappa shape index (κ3) is 4.44. The van der Waals surface area contributed by atoms with Crippen molar-refractivity contribution in [3.05, 3.63) is 57.5 Å². The Morgan fingerprint density at radius 2 is 1.85 bits per heavy atom. The van der Waals surface area contributed by atoms with Gasteiger partial charge in [-0.2, -0.15) is 13.2 Å². The SMILES string of the molecule is O=C(Nc1cc(C(F)(F)F)ccc1Cl)C1CC(=O)N(c2ccc(Br)cc2)C1. The van der Waals surface area contributed by atoms with Crippen molar-refractivity contribution in [1.82, 2.24) is 0 Å². The third-order valence-electron chi connectivity index (χ3n) is 4.19. The van der Waals surface area contributed by atoms with Crippen LogP contribution in [-0.4, -0.2) is 18.4 Å². The fourth-order valence-electron chi connectivity index (χ4n) is 2.79. The molecule has 0 bridgehead atoms. The summed E-state index contributed by atoms with van der Waals surface area (Å²) in [6, 6.07) is 9.73. The zero-order chi connectivity index (χ0) is 19.8. The maximum atomic E-state index is 12.8. The van der Waals surface area contributed by atoms with Crippen LogP contribution < -0.4 is 10.2 Å². The zero-order valence-corrected chi connectivity index (χ0v) is 16.0. The summed E-state index contributed by atoms with van der Waals surface area (Å²) in [5.74, 6) is -1.47. The molecule has 1 fully saturated rings. The monoisotopic (exact) mass is 460 g/mol. The number of alkyl halides is 3. The summed E-state index contributed by atoms with van der Waals surface area (Å²) >= 11 is 9.21. The van der Waals surface area contributed by atoms with Crippen molar-refractivity contribution in [2.45, 2.75) is 12.6 Å². The average Bonchev–Trinajstić information content (AvgIpc) is 2.98. The Morgan fingerprint density at radius 1 is 1.19 bits per heavy atom. The van der Waals surface area contributed by atoms with Crippen LogP contribution in [0.25, 0.3) is 0 Å². The molecule has 1 saturated heterocycles. The van der Waals surface area contributed by atoms with Gasteiger partial charge < -0.3 is 10.2 Å². The molecule has 3 rings (SSSR count). The van der Waals surface area contributed by atoms with E-state index >= 15 is 0 Å². The lowest BCUT2D eigenvalue weighted by Crippen LogP contribution is -2.28. The Kier molecular flexibility index (Phi) is 5.48. The largest absolute Gasteiger partial charge is 0.416 e. The average molecular weight is 462 g/mol. The zero-order valence-electron chi connectivity index (χ0n) is 13.7. The van der Waals surface area contributed by atoms with Crippen molar-refractivity contribution in [2.75, 3.05) is 16.8 Å². The molecule has 0 saturated carbocycles. The normalized spacial score (nSPS) is 17.3. The Bertz CT molecular complexity index is 887. The molecule has 1 atom stereocenters. The topological polar surface area (TPSA) is 49.4 Å². The van der Waals surface area contributed by atoms with Crippen LogP contribution in [0.1, 0.15) is 12.0 Å². The first-order chi connectivity index (χ1) is 12.6. The molecule has 1 aliphatic rings. The lowest BCUT2D eigenvalue weighted by atomic mass is 10.1. The van der Waals surface area contributed by atoms with Crippen molar-refractivity contribution in [2.24, 2.45) is 5.92 Å². The maximum absolute atomic E-state index is 12.8. The Morgan fingerprint density at radius 3 is 2.48 bits per heavy atom. The number of benzene rings is 2. The summed E-state index contributed by atoms with van der Waals surface area (Å²) in [5, 5.41) is 2.40. The van der Waals surface area contributed by atoms with Gasteiger partial charge in [-0.1, -0.05) is 27.5 Å². The van der Waals surface area contributed by atoms with E-state index in [2.05, 4.69) is 21.2 Å². The van der Waals surface area contributed by atoms with E-state index in [1.807, 2.05) is 0 Å². The van der Waals surface area contributed by atoms with Gasteiger partial charge in [-0.3, -0.25) is 9.59 Å². The molecule has 2 aromatic carbocycles. The lowest BCUT2D eigenvalue weighted by Gasteiger charge is -2.17. The van der Waals surface area contributed by atoms with Crippen LogP contribution in [0.2, 0.25) is 5.02 Å². The van der Waals surface area contributed by atoms with E-state index in [4.69, 9.17) is 11.6 Å². The molecule has 2 aromatic rings. The first-order valence-electron chi connectivity index (χ1n) is 7.88. The minimum Gasteiger partial charge on any atom is -0.324 e. The van der Waals surface area contributed by atoms with Crippen LogP contribution in [-0.2, 0) is 15.8 Å². The predicted octanol–water partition coefficient (Wildman–Crippen LogP) is 5.11. The van der Waals surface area contributed by atoms with Gasteiger partial charge in [-0.25, -0.2) is 0 Å². The number of rotatable bonds is 3. The molecule has 0 radical (unpaired) electrons. The quantitative estimate of drug-likeness (QED) is 0.690. The summed E-state index contributed by atoms with van der Waals surface area (Å²) in [5.41, 5.74) is -0.400. The molecule has 0 aliphatic carbocycles. The number of halogens is 5. The van der Waals surface area contributed by atoms with E-state index in [-0.39, 0.29) is 29.6 Å². The van der Waals surface area contributed by atoms with Gasteiger partial charge in [-0.05, 0) is 42.5 Å². The highest BCUT2D eigenvalue weighted by Gasteiger charge is 2.36. The molecule has 27 heavy (non-hydrogen) atoms. The molecule has 2 amide bonds. The molecule has 9 heteroatoms. The fourth-order valence-corrected chi connectivity index (χ4v) is 3.22. The molecule has 1 heterocycles. The van der Waals surface area contributed by atoms with Gasteiger partial charge in [0, 0.05) is 23.1 Å². The van der Waals surface area contributed by atoms with Gasteiger partial charge in [-0.15, -0.1) is 0 Å². The highest BCUT2D eigenvalue weighted by atomic mass is 79.9. The molecular formula is C18H13BrClF3N2O2. The van der Waals surface area contributed by atoms with E-state index in [0.29, 0.717) is 5.69 Å². The lowest BCUT2D eigenvalue weighted by molar-refractivity contribution is -0.137. The Hall–Kier alpha value is -2.06. The van der Waals surface area contributed by atoms with Gasteiger partial charge in [0.05, 0.1) is 22.2 Å². The summed E-state index contributed by atoms with van der Waals surface area (Å²) in [4.78, 5) is 26.2. The second kappa shape index (κ2) is 7.52. The molecule has 1 N–H and O–H groups in total. The number of nitrogens with zero attached hydrogens (tertiary/aromatic N) is 1. The molecular weight excluding hydrogens is 449 g/mol. The van der Waals surface area contributed by atoms with Crippen LogP contribution >= 0.6 is 27.5 Å². The standard InChI is InChI=1S/C18H13BrClF3N2O2/c19-12-2-4-13(5-3-12)25-9-10(7-16(25)26)17(27)24-15-8-11(18(21,22)23)1-6-14(15)20/h1-6,8,10H,7,9H2,(H,24,27). The van der Waals surface area contributed by atoms with Crippen LogP contribution in [0.15, 0.2) is 46.9 Å². The second-order valence-corrected chi connectivity index (χ2v) is 7.39. The first-order valence-corrected chi connectivity index (χ1v) is 9.06. The number of amides is 2. The van der Waals surface area contributed by atoms with Gasteiger partial charge in [0.15, 0.2) is 0 Å². The minimum atomic E-state index is -4.55. The molecule has 0 aromatic heterocycles. The van der Waals surface area contributed by atoms with E-state index in [0.717, 1.165) is 22.7 Å². The molecule has 4 nitrogen and oxygen atoms in total. The highest BCUT2D eigenvalue weighted by Crippen LogP contribution is 2.34. The molecule has 142 valence electrons. The Balaban J connectivity index is 1.74. The number of carbonyl (C=O) groups excluding carboxylic acids is 2. The van der Waals surface area contributed by atoms with Crippen LogP contribution in [0.3, 0.4) is 0 Å². The minimum absolute atomic E-state index is 0.00885. The van der Waals surface area contributed by atoms with E-state index in [9.17, 15) is 22.8 Å². The van der Waals surface area contributed by atoms with Crippen LogP contribution in [0.5, 0.6) is 0 Å². The third-order valence-corrected chi connectivity index (χ3v) is 5.04. The van der Waals surface area contributed by atoms with Crippen molar-refractivity contribution in [1.29, 1.82) is 0 Å². The highest BCUT2D eigenvalue weighted by molar-refractivity contribution is 9.10. The first kappa shape index (κ1) is 19.7. The van der Waals surface area contributed by atoms with E-state index in [1.165, 1.54) is 4.90 Å². The van der Waals surface area contributed by atoms with Gasteiger partial charge in [0.2, 0.25) is 11.8 Å². The summed E-state index contributed by atoms with van der Waals surface area (Å²) in [7, 11) is 0. The Labute approximate surface area is 166 Å². The number of hydrogen-bond donors (Lipinski definition) is 1. The number of anilines is 2. The van der Waals surface area contributed by atoms with Gasteiger partial charge in [0.1, 0.15) is 0 Å². The van der Waals surface area contributed by atoms with E-state index < -0.39 is 23.6 Å². The summed E-state index contributed by atoms with van der Waals surface area (Å²) in [6.07, 6.45) is -4.58. The van der Waals surface area contributed by atoms with Crippen molar-refractivity contribution < 1.29 is 22.8 Å². The maximum Gasteiger partial charge on any atom is 0.416 e. The smallest absolute Gasteiger partial charge is 0.324 e. The van der Waals surface area contributed by atoms with E-state index in [1.54, 1.807) is 24.3 Å². The number of carbonyl (C=O) groups is 2. The molecule has 1 unspecified atom stereocenters. The summed E-state index contributed by atoms with van der Waals surface area (Å²) < 4.78 is 39.4. The van der Waals surface area contributed by atoms with Crippen molar-refractivity contribution >= 4 is 50.7 Å². The second-order valence-electron chi connectivity index (χ2n) is 6.06. The van der Waals surface area contributed by atoms with Crippen LogP contribution in [0, 0.1) is 5.92 Å². The van der Waals surface area contributed by atoms with Gasteiger partial charge in [0.25, 0.3) is 0 Å². The molecule has 1 aliphatic heterocycles. The number of nitrogens with one attached hydrogen (secondary N) is 1. The van der Waals surface area contributed by atoms with Crippen LogP contribution in [0.4, 0.5) is 24.5 Å². The van der Waals surface area contributed by atoms with Crippen molar-refractivity contribution in [3.8, 4) is 0 Å². The summed E-state index contributed by atoms with van der Waals surface area (Å²) in [6.45, 7) is 0.142. The van der Waals surface area contributed by atoms with Gasteiger partial charge >= 0.3 is 6.18 Å². The number of hydrogen-bond acceptors (Lipinski definition) is 2. The van der Waals surface area contributed by atoms with Crippen molar-refractivity contribution in [3.63, 3.8) is 0 Å². The molecule has 0 spiro atoms. The fraction of sp³-hybridized carbons (Fsp3) is 0.222. The predicted molar refractivity (Wildman–Crippen MR) is 99.7 cm³/mol.